The van der Waals surface area contributed by atoms with Crippen molar-refractivity contribution in [2.75, 3.05) is 13.1 Å². The summed E-state index contributed by atoms with van der Waals surface area (Å²) in [6.07, 6.45) is 0.522. The summed E-state index contributed by atoms with van der Waals surface area (Å²) >= 11 is 0. The molecule has 1 atom stereocenters. The topological polar surface area (TPSA) is 50.4 Å². The maximum absolute atomic E-state index is 11.9. The third-order valence-electron chi connectivity index (χ3n) is 2.79. The quantitative estimate of drug-likeness (QED) is 0.775. The van der Waals surface area contributed by atoms with Gasteiger partial charge in [-0.2, -0.15) is 0 Å². The maximum Gasteiger partial charge on any atom is 0.224 e. The van der Waals surface area contributed by atoms with E-state index in [0.717, 1.165) is 17.9 Å². The SMILES string of the molecule is CCN[C@H](C)CNC(=O)Cc1cccc(OC(C)C)c1.Cl. The number of amides is 1. The van der Waals surface area contributed by atoms with Crippen molar-refractivity contribution < 1.29 is 9.53 Å². The molecule has 0 radical (unpaired) electrons. The lowest BCUT2D eigenvalue weighted by molar-refractivity contribution is -0.120. The Hall–Kier alpha value is -1.26. The molecule has 1 rings (SSSR count). The van der Waals surface area contributed by atoms with Gasteiger partial charge in [0.25, 0.3) is 0 Å². The molecule has 1 aromatic carbocycles. The smallest absolute Gasteiger partial charge is 0.224 e. The molecule has 0 bridgehead atoms. The maximum atomic E-state index is 11.9. The molecule has 2 N–H and O–H groups in total. The second kappa shape index (κ2) is 10.5. The second-order valence-corrected chi connectivity index (χ2v) is 5.25. The summed E-state index contributed by atoms with van der Waals surface area (Å²) in [6, 6.07) is 7.99. The highest BCUT2D eigenvalue weighted by Gasteiger charge is 2.07. The van der Waals surface area contributed by atoms with E-state index in [1.807, 2.05) is 38.1 Å². The molecule has 21 heavy (non-hydrogen) atoms. The zero-order valence-electron chi connectivity index (χ0n) is 13.3. The first kappa shape index (κ1) is 19.7. The molecule has 0 saturated carbocycles. The van der Waals surface area contributed by atoms with Gasteiger partial charge in [-0.25, -0.2) is 0 Å². The fraction of sp³-hybridized carbons (Fsp3) is 0.562. The van der Waals surface area contributed by atoms with Gasteiger partial charge in [0.2, 0.25) is 5.91 Å². The van der Waals surface area contributed by atoms with Crippen LogP contribution in [0.25, 0.3) is 0 Å². The van der Waals surface area contributed by atoms with Gasteiger partial charge in [-0.05, 0) is 45.0 Å². The Morgan fingerprint density at radius 3 is 2.62 bits per heavy atom. The minimum atomic E-state index is 0. The van der Waals surface area contributed by atoms with E-state index < -0.39 is 0 Å². The molecule has 5 heteroatoms. The van der Waals surface area contributed by atoms with Crippen molar-refractivity contribution in [3.8, 4) is 5.75 Å². The molecule has 0 aliphatic carbocycles. The highest BCUT2D eigenvalue weighted by atomic mass is 35.5. The minimum Gasteiger partial charge on any atom is -0.491 e. The van der Waals surface area contributed by atoms with Gasteiger partial charge in [0.05, 0.1) is 12.5 Å². The van der Waals surface area contributed by atoms with Gasteiger partial charge in [-0.15, -0.1) is 12.4 Å². The van der Waals surface area contributed by atoms with Gasteiger partial charge in [-0.1, -0.05) is 19.1 Å². The summed E-state index contributed by atoms with van der Waals surface area (Å²) < 4.78 is 5.62. The van der Waals surface area contributed by atoms with E-state index in [1.54, 1.807) is 0 Å². The monoisotopic (exact) mass is 314 g/mol. The standard InChI is InChI=1S/C16H26N2O2.ClH/c1-5-17-13(4)11-18-16(19)10-14-7-6-8-15(9-14)20-12(2)3;/h6-9,12-13,17H,5,10-11H2,1-4H3,(H,18,19);1H/t13-;/m1./s1. The molecule has 1 amide bonds. The van der Waals surface area contributed by atoms with E-state index >= 15 is 0 Å². The number of carbonyl (C=O) groups is 1. The number of likely N-dealkylation sites (N-methyl/N-ethyl adjacent to an activating group) is 1. The van der Waals surface area contributed by atoms with Crippen LogP contribution in [0.1, 0.15) is 33.3 Å². The summed E-state index contributed by atoms with van der Waals surface area (Å²) in [4.78, 5) is 11.9. The fourth-order valence-electron chi connectivity index (χ4n) is 1.94. The van der Waals surface area contributed by atoms with Crippen LogP contribution in [0.15, 0.2) is 24.3 Å². The van der Waals surface area contributed by atoms with Crippen molar-refractivity contribution >= 4 is 18.3 Å². The number of benzene rings is 1. The Kier molecular flexibility index (Phi) is 9.84. The Morgan fingerprint density at radius 2 is 2.00 bits per heavy atom. The van der Waals surface area contributed by atoms with Crippen molar-refractivity contribution in [3.05, 3.63) is 29.8 Å². The number of rotatable bonds is 8. The lowest BCUT2D eigenvalue weighted by atomic mass is 10.1. The van der Waals surface area contributed by atoms with E-state index in [9.17, 15) is 4.79 Å². The van der Waals surface area contributed by atoms with E-state index in [2.05, 4.69) is 24.5 Å². The fourth-order valence-corrected chi connectivity index (χ4v) is 1.94. The summed E-state index contributed by atoms with van der Waals surface area (Å²) in [5, 5.41) is 6.19. The van der Waals surface area contributed by atoms with E-state index in [4.69, 9.17) is 4.74 Å². The molecule has 0 unspecified atom stereocenters. The molecule has 0 spiro atoms. The van der Waals surface area contributed by atoms with Gasteiger partial charge in [-0.3, -0.25) is 4.79 Å². The van der Waals surface area contributed by atoms with Crippen molar-refractivity contribution in [2.24, 2.45) is 0 Å². The predicted octanol–water partition coefficient (Wildman–Crippen LogP) is 2.55. The number of nitrogens with one attached hydrogen (secondary N) is 2. The Labute approximate surface area is 134 Å². The van der Waals surface area contributed by atoms with Crippen molar-refractivity contribution in [3.63, 3.8) is 0 Å². The molecule has 4 nitrogen and oxygen atoms in total. The minimum absolute atomic E-state index is 0. The van der Waals surface area contributed by atoms with Crippen LogP contribution < -0.4 is 15.4 Å². The first-order valence-corrected chi connectivity index (χ1v) is 7.27. The van der Waals surface area contributed by atoms with Crippen LogP contribution in [0.5, 0.6) is 5.75 Å². The summed E-state index contributed by atoms with van der Waals surface area (Å²) in [5.41, 5.74) is 0.969. The highest BCUT2D eigenvalue weighted by molar-refractivity contribution is 5.85. The van der Waals surface area contributed by atoms with Gasteiger partial charge >= 0.3 is 0 Å². The van der Waals surface area contributed by atoms with Crippen molar-refractivity contribution in [1.82, 2.24) is 10.6 Å². The number of hydrogen-bond acceptors (Lipinski definition) is 3. The zero-order chi connectivity index (χ0) is 15.0. The molecule has 0 aromatic heterocycles. The van der Waals surface area contributed by atoms with Crippen LogP contribution in [0.3, 0.4) is 0 Å². The zero-order valence-corrected chi connectivity index (χ0v) is 14.1. The number of hydrogen-bond donors (Lipinski definition) is 2. The number of ether oxygens (including phenoxy) is 1. The first-order chi connectivity index (χ1) is 9.51. The number of halogens is 1. The highest BCUT2D eigenvalue weighted by Crippen LogP contribution is 2.15. The average Bonchev–Trinajstić information content (AvgIpc) is 2.36. The van der Waals surface area contributed by atoms with Crippen LogP contribution in [-0.4, -0.2) is 31.1 Å². The van der Waals surface area contributed by atoms with Crippen LogP contribution in [0, 0.1) is 0 Å². The first-order valence-electron chi connectivity index (χ1n) is 7.27. The lowest BCUT2D eigenvalue weighted by Gasteiger charge is -2.14. The molecule has 0 fully saturated rings. The Morgan fingerprint density at radius 1 is 1.29 bits per heavy atom. The normalized spacial score (nSPS) is 11.7. The van der Waals surface area contributed by atoms with E-state index in [0.29, 0.717) is 19.0 Å². The molecule has 0 aliphatic rings. The van der Waals surface area contributed by atoms with Gasteiger partial charge in [0.1, 0.15) is 5.75 Å². The van der Waals surface area contributed by atoms with Gasteiger partial charge in [0, 0.05) is 12.6 Å². The third kappa shape index (κ3) is 8.58. The average molecular weight is 315 g/mol. The Balaban J connectivity index is 0.00000400. The molecule has 120 valence electrons. The largest absolute Gasteiger partial charge is 0.491 e. The van der Waals surface area contributed by atoms with Crippen LogP contribution >= 0.6 is 12.4 Å². The van der Waals surface area contributed by atoms with Crippen molar-refractivity contribution in [1.29, 1.82) is 0 Å². The van der Waals surface area contributed by atoms with Gasteiger partial charge < -0.3 is 15.4 Å². The molecular weight excluding hydrogens is 288 g/mol. The molecule has 0 aliphatic heterocycles. The Bertz CT molecular complexity index is 424. The van der Waals surface area contributed by atoms with Gasteiger partial charge in [0.15, 0.2) is 0 Å². The molecule has 0 saturated heterocycles. The van der Waals surface area contributed by atoms with Crippen LogP contribution in [0.2, 0.25) is 0 Å². The molecule has 0 heterocycles. The van der Waals surface area contributed by atoms with E-state index in [1.165, 1.54) is 0 Å². The molecule has 1 aromatic rings. The van der Waals surface area contributed by atoms with E-state index in [-0.39, 0.29) is 24.4 Å². The third-order valence-corrected chi connectivity index (χ3v) is 2.79. The molecular formula is C16H27ClN2O2. The summed E-state index contributed by atoms with van der Waals surface area (Å²) in [6.45, 7) is 9.64. The van der Waals surface area contributed by atoms with Crippen LogP contribution in [0.4, 0.5) is 0 Å². The lowest BCUT2D eigenvalue weighted by Crippen LogP contribution is -2.39. The number of carbonyl (C=O) groups excluding carboxylic acids is 1. The summed E-state index contributed by atoms with van der Waals surface area (Å²) in [7, 11) is 0. The van der Waals surface area contributed by atoms with Crippen molar-refractivity contribution in [2.45, 2.75) is 46.3 Å². The predicted molar refractivity (Wildman–Crippen MR) is 89.3 cm³/mol. The summed E-state index contributed by atoms with van der Waals surface area (Å²) in [5.74, 6) is 0.850. The van der Waals surface area contributed by atoms with Crippen LogP contribution in [-0.2, 0) is 11.2 Å². The second-order valence-electron chi connectivity index (χ2n) is 5.25.